The van der Waals surface area contributed by atoms with E-state index < -0.39 is 5.97 Å². The summed E-state index contributed by atoms with van der Waals surface area (Å²) in [4.78, 5) is 14.3. The van der Waals surface area contributed by atoms with Crippen LogP contribution in [0.25, 0.3) is 0 Å². The first-order valence-electron chi connectivity index (χ1n) is 4.21. The zero-order valence-electron chi connectivity index (χ0n) is 7.68. The van der Waals surface area contributed by atoms with Gasteiger partial charge in [0.1, 0.15) is 5.69 Å². The lowest BCUT2D eigenvalue weighted by molar-refractivity contribution is 0.0690. The molecule has 0 bridgehead atoms. The second-order valence-corrected chi connectivity index (χ2v) is 2.91. The Morgan fingerprint density at radius 1 is 1.71 bits per heavy atom. The molecule has 14 heavy (non-hydrogen) atoms. The van der Waals surface area contributed by atoms with Gasteiger partial charge in [-0.2, -0.15) is 0 Å². The van der Waals surface area contributed by atoms with Crippen LogP contribution in [0.3, 0.4) is 0 Å². The van der Waals surface area contributed by atoms with Crippen molar-refractivity contribution in [1.29, 1.82) is 0 Å². The number of pyridine rings is 1. The normalized spacial score (nSPS) is 12.1. The van der Waals surface area contributed by atoms with Crippen LogP contribution in [0.4, 0.5) is 0 Å². The number of hydrogen-bond acceptors (Lipinski definition) is 3. The van der Waals surface area contributed by atoms with Crippen LogP contribution < -0.4 is 5.73 Å². The summed E-state index contributed by atoms with van der Waals surface area (Å²) >= 11 is 0. The molecule has 1 aromatic heterocycles. The molecule has 0 saturated carbocycles. The summed E-state index contributed by atoms with van der Waals surface area (Å²) in [7, 11) is 0. The van der Waals surface area contributed by atoms with E-state index in [4.69, 9.17) is 10.8 Å². The molecule has 0 spiro atoms. The van der Waals surface area contributed by atoms with Crippen LogP contribution in [0, 0.1) is 0 Å². The molecule has 0 aromatic carbocycles. The molecule has 0 saturated heterocycles. The van der Waals surface area contributed by atoms with E-state index in [0.29, 0.717) is 6.42 Å². The van der Waals surface area contributed by atoms with Gasteiger partial charge in [0, 0.05) is 12.2 Å². The van der Waals surface area contributed by atoms with Gasteiger partial charge < -0.3 is 10.8 Å². The fourth-order valence-electron chi connectivity index (χ4n) is 1.07. The average Bonchev–Trinajstić information content (AvgIpc) is 2.18. The molecule has 0 aliphatic rings. The molecule has 0 aliphatic heterocycles. The number of rotatable bonds is 4. The van der Waals surface area contributed by atoms with Crippen molar-refractivity contribution >= 4 is 5.97 Å². The standard InChI is InChI=1S/C10H12N2O2/c1-2-3-8(11)7-4-5-9(10(13)14)12-6-7/h2,4-6,8H,1,3,11H2,(H,13,14)/t8-/m1/s1. The SMILES string of the molecule is C=CC[C@@H](N)c1ccc(C(=O)O)nc1. The van der Waals surface area contributed by atoms with Gasteiger partial charge in [-0.05, 0) is 18.1 Å². The number of carboxylic acid groups (broad SMARTS) is 1. The van der Waals surface area contributed by atoms with Crippen LogP contribution in [0.5, 0.6) is 0 Å². The minimum Gasteiger partial charge on any atom is -0.477 e. The van der Waals surface area contributed by atoms with Gasteiger partial charge in [-0.15, -0.1) is 6.58 Å². The second-order valence-electron chi connectivity index (χ2n) is 2.91. The molecule has 4 nitrogen and oxygen atoms in total. The first-order chi connectivity index (χ1) is 6.65. The lowest BCUT2D eigenvalue weighted by atomic mass is 10.1. The molecule has 4 heteroatoms. The highest BCUT2D eigenvalue weighted by Gasteiger charge is 2.07. The van der Waals surface area contributed by atoms with E-state index in [0.717, 1.165) is 5.56 Å². The van der Waals surface area contributed by atoms with Crippen molar-refractivity contribution in [3.05, 3.63) is 42.2 Å². The number of carbonyl (C=O) groups is 1. The number of aromatic nitrogens is 1. The quantitative estimate of drug-likeness (QED) is 0.706. The van der Waals surface area contributed by atoms with E-state index in [1.807, 2.05) is 0 Å². The van der Waals surface area contributed by atoms with Crippen LogP contribution in [0.15, 0.2) is 31.0 Å². The summed E-state index contributed by atoms with van der Waals surface area (Å²) in [5.74, 6) is -1.03. The van der Waals surface area contributed by atoms with Crippen LogP contribution in [0.2, 0.25) is 0 Å². The van der Waals surface area contributed by atoms with Gasteiger partial charge in [-0.1, -0.05) is 12.1 Å². The van der Waals surface area contributed by atoms with Crippen molar-refractivity contribution < 1.29 is 9.90 Å². The van der Waals surface area contributed by atoms with Gasteiger partial charge in [-0.25, -0.2) is 9.78 Å². The van der Waals surface area contributed by atoms with Gasteiger partial charge in [0.05, 0.1) is 0 Å². The lowest BCUT2D eigenvalue weighted by Crippen LogP contribution is -2.10. The summed E-state index contributed by atoms with van der Waals surface area (Å²) in [6.07, 6.45) is 3.85. The fourth-order valence-corrected chi connectivity index (χ4v) is 1.07. The number of nitrogens with zero attached hydrogens (tertiary/aromatic N) is 1. The molecule has 1 aromatic rings. The number of aromatic carboxylic acids is 1. The summed E-state index contributed by atoms with van der Waals surface area (Å²) in [6.45, 7) is 3.58. The molecule has 3 N–H and O–H groups in total. The predicted octanol–water partition coefficient (Wildman–Crippen LogP) is 1.36. The molecule has 1 heterocycles. The maximum Gasteiger partial charge on any atom is 0.354 e. The maximum absolute atomic E-state index is 10.5. The Morgan fingerprint density at radius 3 is 2.86 bits per heavy atom. The van der Waals surface area contributed by atoms with E-state index in [1.54, 1.807) is 12.1 Å². The minimum atomic E-state index is -1.03. The molecule has 0 aliphatic carbocycles. The molecule has 1 rings (SSSR count). The van der Waals surface area contributed by atoms with E-state index in [-0.39, 0.29) is 11.7 Å². The predicted molar refractivity (Wildman–Crippen MR) is 52.9 cm³/mol. The largest absolute Gasteiger partial charge is 0.477 e. The van der Waals surface area contributed by atoms with Crippen LogP contribution in [-0.2, 0) is 0 Å². The van der Waals surface area contributed by atoms with E-state index in [9.17, 15) is 4.79 Å². The van der Waals surface area contributed by atoms with Gasteiger partial charge in [-0.3, -0.25) is 0 Å². The van der Waals surface area contributed by atoms with Crippen molar-refractivity contribution in [2.75, 3.05) is 0 Å². The highest BCUT2D eigenvalue weighted by molar-refractivity contribution is 5.85. The Balaban J connectivity index is 2.82. The Labute approximate surface area is 82.1 Å². The summed E-state index contributed by atoms with van der Waals surface area (Å²) in [6, 6.07) is 2.95. The van der Waals surface area contributed by atoms with Crippen molar-refractivity contribution in [2.24, 2.45) is 5.73 Å². The first-order valence-corrected chi connectivity index (χ1v) is 4.21. The molecule has 0 amide bonds. The zero-order valence-corrected chi connectivity index (χ0v) is 7.68. The molecule has 0 fully saturated rings. The third-order valence-corrected chi connectivity index (χ3v) is 1.85. The van der Waals surface area contributed by atoms with Gasteiger partial charge in [0.15, 0.2) is 0 Å². The van der Waals surface area contributed by atoms with E-state index in [1.165, 1.54) is 12.3 Å². The minimum absolute atomic E-state index is 0.0274. The Hall–Kier alpha value is -1.68. The number of hydrogen-bond donors (Lipinski definition) is 2. The molecular formula is C10H12N2O2. The maximum atomic E-state index is 10.5. The lowest BCUT2D eigenvalue weighted by Gasteiger charge is -2.08. The fraction of sp³-hybridized carbons (Fsp3) is 0.200. The van der Waals surface area contributed by atoms with Gasteiger partial charge >= 0.3 is 5.97 Å². The van der Waals surface area contributed by atoms with Crippen LogP contribution in [-0.4, -0.2) is 16.1 Å². The average molecular weight is 192 g/mol. The Kier molecular flexibility index (Phi) is 3.36. The number of carboxylic acids is 1. The highest BCUT2D eigenvalue weighted by atomic mass is 16.4. The molecule has 0 radical (unpaired) electrons. The Morgan fingerprint density at radius 2 is 2.43 bits per heavy atom. The van der Waals surface area contributed by atoms with Crippen molar-refractivity contribution in [3.63, 3.8) is 0 Å². The molecule has 1 atom stereocenters. The van der Waals surface area contributed by atoms with Crippen LogP contribution >= 0.6 is 0 Å². The second kappa shape index (κ2) is 4.53. The molecule has 0 unspecified atom stereocenters. The smallest absolute Gasteiger partial charge is 0.354 e. The summed E-state index contributed by atoms with van der Waals surface area (Å²) in [5, 5.41) is 8.61. The summed E-state index contributed by atoms with van der Waals surface area (Å²) in [5.41, 5.74) is 6.62. The van der Waals surface area contributed by atoms with Crippen LogP contribution in [0.1, 0.15) is 28.5 Å². The topological polar surface area (TPSA) is 76.2 Å². The highest BCUT2D eigenvalue weighted by Crippen LogP contribution is 2.13. The third kappa shape index (κ3) is 2.40. The number of nitrogens with two attached hydrogens (primary N) is 1. The van der Waals surface area contributed by atoms with Gasteiger partial charge in [0.25, 0.3) is 0 Å². The first kappa shape index (κ1) is 10.4. The third-order valence-electron chi connectivity index (χ3n) is 1.85. The van der Waals surface area contributed by atoms with E-state index in [2.05, 4.69) is 11.6 Å². The van der Waals surface area contributed by atoms with Gasteiger partial charge in [0.2, 0.25) is 0 Å². The monoisotopic (exact) mass is 192 g/mol. The van der Waals surface area contributed by atoms with Crippen molar-refractivity contribution in [2.45, 2.75) is 12.5 Å². The van der Waals surface area contributed by atoms with Crippen molar-refractivity contribution in [3.8, 4) is 0 Å². The molecular weight excluding hydrogens is 180 g/mol. The Bertz CT molecular complexity index is 332. The van der Waals surface area contributed by atoms with Crippen molar-refractivity contribution in [1.82, 2.24) is 4.98 Å². The zero-order chi connectivity index (χ0) is 10.6. The van der Waals surface area contributed by atoms with E-state index >= 15 is 0 Å². The molecule has 74 valence electrons. The summed E-state index contributed by atoms with van der Waals surface area (Å²) < 4.78 is 0.